The highest BCUT2D eigenvalue weighted by Crippen LogP contribution is 2.51. The lowest BCUT2D eigenvalue weighted by molar-refractivity contribution is -0.129. The van der Waals surface area contributed by atoms with E-state index < -0.39 is 0 Å². The Hall–Kier alpha value is -1.43. The molecule has 10 nitrogen and oxygen atoms in total. The Balaban J connectivity index is 0.862. The Bertz CT molecular complexity index is 1020. The van der Waals surface area contributed by atoms with E-state index in [0.29, 0.717) is 115 Å². The van der Waals surface area contributed by atoms with Gasteiger partial charge in [0.1, 0.15) is 5.78 Å². The number of unbranched alkanes of at least 4 members (excludes halogenated alkanes) is 1. The topological polar surface area (TPSA) is 121 Å². The predicted octanol–water partition coefficient (Wildman–Crippen LogP) is 7.92. The van der Waals surface area contributed by atoms with E-state index in [1.165, 1.54) is 116 Å². The van der Waals surface area contributed by atoms with Gasteiger partial charge in [0, 0.05) is 37.3 Å². The fraction of sp³-hybridized carbons (Fsp3) is 0.933. The van der Waals surface area contributed by atoms with E-state index in [1.807, 2.05) is 0 Å². The van der Waals surface area contributed by atoms with Crippen molar-refractivity contribution in [2.24, 2.45) is 23.7 Å². The van der Waals surface area contributed by atoms with Crippen LogP contribution in [0.1, 0.15) is 161 Å². The van der Waals surface area contributed by atoms with Crippen LogP contribution in [0.2, 0.25) is 0 Å². The van der Waals surface area contributed by atoms with Gasteiger partial charge in [-0.15, -0.1) is 0 Å². The molecule has 1 heterocycles. The highest BCUT2D eigenvalue weighted by Gasteiger charge is 2.58. The lowest BCUT2D eigenvalue weighted by Gasteiger charge is -2.48. The van der Waals surface area contributed by atoms with E-state index in [2.05, 4.69) is 10.6 Å². The van der Waals surface area contributed by atoms with Gasteiger partial charge in [0.2, 0.25) is 5.91 Å². The third-order valence-electron chi connectivity index (χ3n) is 12.8. The van der Waals surface area contributed by atoms with Crippen molar-refractivity contribution in [2.75, 3.05) is 72.6 Å². The van der Waals surface area contributed by atoms with Crippen molar-refractivity contribution in [3.8, 4) is 0 Å². The minimum atomic E-state index is 0.00150. The molecule has 1 amide bonds. The van der Waals surface area contributed by atoms with Gasteiger partial charge in [-0.25, -0.2) is 0 Å². The number of amides is 1. The van der Waals surface area contributed by atoms with Crippen molar-refractivity contribution < 1.29 is 38.1 Å². The second-order valence-corrected chi connectivity index (χ2v) is 16.9. The maximum Gasteiger partial charge on any atom is 0.222 e. The first kappa shape index (κ1) is 46.3. The number of hydrogen-bond donors (Lipinski definition) is 2. The van der Waals surface area contributed by atoms with E-state index in [1.54, 1.807) is 0 Å². The lowest BCUT2D eigenvalue weighted by Crippen LogP contribution is -2.54. The molecule has 4 fully saturated rings. The van der Waals surface area contributed by atoms with Crippen LogP contribution in [0.3, 0.4) is 0 Å². The van der Waals surface area contributed by atoms with E-state index in [9.17, 15) is 14.4 Å². The van der Waals surface area contributed by atoms with Crippen molar-refractivity contribution in [1.29, 1.82) is 0 Å². The molecule has 10 heteroatoms. The Labute approximate surface area is 334 Å². The Morgan fingerprint density at radius 1 is 0.527 bits per heavy atom. The largest absolute Gasteiger partial charge is 0.379 e. The summed E-state index contributed by atoms with van der Waals surface area (Å²) in [6, 6.07) is 0.431. The molecule has 318 valence electrons. The molecule has 55 heavy (non-hydrogen) atoms. The van der Waals surface area contributed by atoms with Crippen LogP contribution in [0.4, 0.5) is 0 Å². The minimum Gasteiger partial charge on any atom is -0.379 e. The molecule has 3 saturated carbocycles. The van der Waals surface area contributed by atoms with Crippen LogP contribution in [0.5, 0.6) is 0 Å². The Kier molecular flexibility index (Phi) is 25.0. The fourth-order valence-corrected chi connectivity index (χ4v) is 9.54. The van der Waals surface area contributed by atoms with Crippen molar-refractivity contribution >= 4 is 17.5 Å². The first-order valence-electron chi connectivity index (χ1n) is 23.1. The Morgan fingerprint density at radius 2 is 0.964 bits per heavy atom. The van der Waals surface area contributed by atoms with Gasteiger partial charge >= 0.3 is 0 Å². The smallest absolute Gasteiger partial charge is 0.222 e. The molecule has 5 atom stereocenters. The molecular weight excluding hydrogens is 697 g/mol. The zero-order chi connectivity index (χ0) is 38.6. The van der Waals surface area contributed by atoms with Gasteiger partial charge in [-0.2, -0.15) is 0 Å². The van der Waals surface area contributed by atoms with Gasteiger partial charge in [-0.3, -0.25) is 14.4 Å². The van der Waals surface area contributed by atoms with Crippen molar-refractivity contribution in [1.82, 2.24) is 10.6 Å². The molecule has 0 aromatic heterocycles. The summed E-state index contributed by atoms with van der Waals surface area (Å²) in [5, 5.41) is 6.74. The van der Waals surface area contributed by atoms with E-state index in [0.717, 1.165) is 32.1 Å². The molecule has 0 spiro atoms. The first-order chi connectivity index (χ1) is 27.1. The summed E-state index contributed by atoms with van der Waals surface area (Å²) in [4.78, 5) is 38.2. The second-order valence-electron chi connectivity index (χ2n) is 16.9. The molecule has 3 aliphatic carbocycles. The summed E-state index contributed by atoms with van der Waals surface area (Å²) >= 11 is 0. The van der Waals surface area contributed by atoms with Crippen LogP contribution in [-0.4, -0.2) is 102 Å². The number of rotatable bonds is 24. The van der Waals surface area contributed by atoms with Gasteiger partial charge in [-0.05, 0) is 56.8 Å². The average Bonchev–Trinajstić information content (AvgIpc) is 3.43. The van der Waals surface area contributed by atoms with E-state index in [4.69, 9.17) is 23.7 Å². The number of hydrogen-bond acceptors (Lipinski definition) is 9. The van der Waals surface area contributed by atoms with Crippen molar-refractivity contribution in [3.63, 3.8) is 0 Å². The summed E-state index contributed by atoms with van der Waals surface area (Å²) in [5.74, 6) is 2.65. The molecule has 0 aromatic carbocycles. The predicted molar refractivity (Wildman–Crippen MR) is 217 cm³/mol. The normalized spacial score (nSPS) is 26.1. The third kappa shape index (κ3) is 18.8. The van der Waals surface area contributed by atoms with E-state index in [-0.39, 0.29) is 23.8 Å². The van der Waals surface area contributed by atoms with Crippen LogP contribution in [0, 0.1) is 23.7 Å². The average molecular weight is 777 g/mol. The highest BCUT2D eigenvalue weighted by molar-refractivity contribution is 5.90. The van der Waals surface area contributed by atoms with Gasteiger partial charge in [0.05, 0.1) is 72.1 Å². The first-order valence-corrected chi connectivity index (χ1v) is 23.1. The molecule has 0 aromatic rings. The maximum absolute atomic E-state index is 13.2. The number of fused-ring (bicyclic) bond motifs is 4. The number of Topliss-reactive ketones (excluding diaryl/α,β-unsaturated/α-hetero) is 2. The molecule has 4 aliphatic rings. The standard InChI is InChI=1S/C45H80N2O8/c48-41(37-19-13-9-5-2-1-3-6-10-14-20-37)24-27-51-29-31-53-33-35-55-36-34-54-32-30-52-28-25-42(49)46-26-18-17-23-40-45(50)43-38-21-15-11-7-4-8-12-16-22-39(38)44(43)47-40/h37-40,43-44,47H,1-36H2,(H,46,49). The van der Waals surface area contributed by atoms with E-state index >= 15 is 0 Å². The second kappa shape index (κ2) is 29.7. The maximum atomic E-state index is 13.2. The third-order valence-corrected chi connectivity index (χ3v) is 12.8. The summed E-state index contributed by atoms with van der Waals surface area (Å²) in [6.07, 6.45) is 29.2. The Morgan fingerprint density at radius 3 is 1.49 bits per heavy atom. The zero-order valence-corrected chi connectivity index (χ0v) is 34.7. The monoisotopic (exact) mass is 777 g/mol. The highest BCUT2D eigenvalue weighted by atomic mass is 16.6. The van der Waals surface area contributed by atoms with Gasteiger partial charge in [0.15, 0.2) is 5.78 Å². The summed E-state index contributed by atoms with van der Waals surface area (Å²) < 4.78 is 27.9. The van der Waals surface area contributed by atoms with Gasteiger partial charge in [-0.1, -0.05) is 103 Å². The van der Waals surface area contributed by atoms with Crippen LogP contribution in [0.15, 0.2) is 0 Å². The number of ketones is 2. The number of ether oxygens (including phenoxy) is 5. The molecule has 5 unspecified atom stereocenters. The minimum absolute atomic E-state index is 0.00150. The van der Waals surface area contributed by atoms with Crippen molar-refractivity contribution in [3.05, 3.63) is 0 Å². The van der Waals surface area contributed by atoms with Gasteiger partial charge in [0.25, 0.3) is 0 Å². The van der Waals surface area contributed by atoms with Crippen LogP contribution in [-0.2, 0) is 38.1 Å². The zero-order valence-electron chi connectivity index (χ0n) is 34.7. The quantitative estimate of drug-likeness (QED) is 0.0942. The molecular formula is C45H80N2O8. The van der Waals surface area contributed by atoms with Gasteiger partial charge < -0.3 is 34.3 Å². The molecule has 0 bridgehead atoms. The molecule has 1 aliphatic heterocycles. The summed E-state index contributed by atoms with van der Waals surface area (Å²) in [7, 11) is 0. The number of nitrogens with one attached hydrogen (secondary N) is 2. The number of carbonyl (C=O) groups is 3. The van der Waals surface area contributed by atoms with Crippen LogP contribution < -0.4 is 10.6 Å². The lowest BCUT2D eigenvalue weighted by atomic mass is 9.57. The molecule has 1 saturated heterocycles. The molecule has 2 N–H and O–H groups in total. The molecule has 0 radical (unpaired) electrons. The fourth-order valence-electron chi connectivity index (χ4n) is 9.54. The summed E-state index contributed by atoms with van der Waals surface area (Å²) in [5.41, 5.74) is 0. The SMILES string of the molecule is O=C(CCOCCOCCOCCOCCOCCC(=O)C1CCCCCCCCCCC1)NCCCCC1NC2C3CCCCCCCCCC3C2C1=O. The van der Waals surface area contributed by atoms with Crippen molar-refractivity contribution in [2.45, 2.75) is 173 Å². The summed E-state index contributed by atoms with van der Waals surface area (Å²) in [6.45, 7) is 5.32. The number of carbonyl (C=O) groups excluding carboxylic acids is 3. The van der Waals surface area contributed by atoms with Crippen LogP contribution in [0.25, 0.3) is 0 Å². The van der Waals surface area contributed by atoms with Crippen LogP contribution >= 0.6 is 0 Å². The molecule has 4 rings (SSSR count).